The van der Waals surface area contributed by atoms with Gasteiger partial charge in [-0.2, -0.15) is 0 Å². The molecule has 0 aliphatic heterocycles. The van der Waals surface area contributed by atoms with Crippen molar-refractivity contribution in [2.45, 2.75) is 46.0 Å². The van der Waals surface area contributed by atoms with Gasteiger partial charge in [0.1, 0.15) is 0 Å². The SMILES string of the molecule is CCCCCCC.[K]. The largest absolute Gasteiger partial charge is 0.0654 e. The molecule has 0 aromatic rings. The summed E-state index contributed by atoms with van der Waals surface area (Å²) < 4.78 is 0. The van der Waals surface area contributed by atoms with E-state index in [2.05, 4.69) is 13.8 Å². The Bertz CT molecular complexity index is 23.6. The van der Waals surface area contributed by atoms with Gasteiger partial charge in [0.25, 0.3) is 0 Å². The van der Waals surface area contributed by atoms with Gasteiger partial charge in [0.2, 0.25) is 0 Å². The average Bonchev–Trinajstić information content (AvgIpc) is 1.69. The Morgan fingerprint density at radius 2 is 1.12 bits per heavy atom. The second-order valence-electron chi connectivity index (χ2n) is 2.06. The minimum absolute atomic E-state index is 0. The van der Waals surface area contributed by atoms with Crippen molar-refractivity contribution >= 4 is 51.4 Å². The molecular weight excluding hydrogens is 123 g/mol. The number of unbranched alkanes of at least 4 members (excludes halogenated alkanes) is 4. The van der Waals surface area contributed by atoms with Crippen LogP contribution in [0.15, 0.2) is 0 Å². The van der Waals surface area contributed by atoms with Crippen molar-refractivity contribution in [1.29, 1.82) is 0 Å². The van der Waals surface area contributed by atoms with Crippen LogP contribution in [0.3, 0.4) is 0 Å². The van der Waals surface area contributed by atoms with Gasteiger partial charge in [0, 0.05) is 51.4 Å². The van der Waals surface area contributed by atoms with Crippen LogP contribution >= 0.6 is 0 Å². The molecule has 0 N–H and O–H groups in total. The van der Waals surface area contributed by atoms with Crippen LogP contribution in [0.5, 0.6) is 0 Å². The first-order valence-electron chi connectivity index (χ1n) is 3.41. The van der Waals surface area contributed by atoms with Crippen molar-refractivity contribution in [2.24, 2.45) is 0 Å². The van der Waals surface area contributed by atoms with E-state index < -0.39 is 0 Å². The molecule has 0 heterocycles. The summed E-state index contributed by atoms with van der Waals surface area (Å²) in [6.45, 7) is 4.49. The van der Waals surface area contributed by atoms with Crippen LogP contribution in [0, 0.1) is 0 Å². The second kappa shape index (κ2) is 11.4. The number of hydrogen-bond acceptors (Lipinski definition) is 0. The van der Waals surface area contributed by atoms with Crippen LogP contribution in [0.2, 0.25) is 0 Å². The topological polar surface area (TPSA) is 0 Å². The molecule has 0 unspecified atom stereocenters. The van der Waals surface area contributed by atoms with Gasteiger partial charge in [-0.25, -0.2) is 0 Å². The Balaban J connectivity index is 0. The molecule has 0 saturated carbocycles. The fraction of sp³-hybridized carbons (Fsp3) is 1.00. The van der Waals surface area contributed by atoms with E-state index in [0.29, 0.717) is 0 Å². The molecule has 45 valence electrons. The zero-order valence-electron chi connectivity index (χ0n) is 6.54. The molecule has 1 heteroatoms. The summed E-state index contributed by atoms with van der Waals surface area (Å²) >= 11 is 0. The van der Waals surface area contributed by atoms with Crippen LogP contribution in [0.4, 0.5) is 0 Å². The van der Waals surface area contributed by atoms with Crippen molar-refractivity contribution in [2.75, 3.05) is 0 Å². The molecule has 0 nitrogen and oxygen atoms in total. The fourth-order valence-corrected chi connectivity index (χ4v) is 0.677. The van der Waals surface area contributed by atoms with Crippen molar-refractivity contribution in [3.05, 3.63) is 0 Å². The molecule has 0 aliphatic carbocycles. The van der Waals surface area contributed by atoms with Gasteiger partial charge in [-0.1, -0.05) is 46.0 Å². The summed E-state index contributed by atoms with van der Waals surface area (Å²) in [5.74, 6) is 0. The van der Waals surface area contributed by atoms with Crippen LogP contribution in [0.25, 0.3) is 0 Å². The number of rotatable bonds is 4. The van der Waals surface area contributed by atoms with E-state index in [1.54, 1.807) is 0 Å². The zero-order valence-corrected chi connectivity index (χ0v) is 9.66. The summed E-state index contributed by atoms with van der Waals surface area (Å²) in [4.78, 5) is 0. The minimum Gasteiger partial charge on any atom is -0.0654 e. The molecule has 0 aromatic heterocycles. The zero-order chi connectivity index (χ0) is 5.54. The van der Waals surface area contributed by atoms with E-state index in [-0.39, 0.29) is 51.4 Å². The predicted molar refractivity (Wildman–Crippen MR) is 40.2 cm³/mol. The van der Waals surface area contributed by atoms with Crippen molar-refractivity contribution < 1.29 is 0 Å². The predicted octanol–water partition coefficient (Wildman–Crippen LogP) is 2.60. The summed E-state index contributed by atoms with van der Waals surface area (Å²) in [5.41, 5.74) is 0. The molecule has 8 heavy (non-hydrogen) atoms. The molecule has 0 atom stereocenters. The van der Waals surface area contributed by atoms with Crippen molar-refractivity contribution in [3.63, 3.8) is 0 Å². The van der Waals surface area contributed by atoms with E-state index in [0.717, 1.165) is 0 Å². The molecule has 0 rings (SSSR count). The first-order chi connectivity index (χ1) is 3.41. The normalized spacial score (nSPS) is 8.25. The third-order valence-corrected chi connectivity index (χ3v) is 1.21. The van der Waals surface area contributed by atoms with Crippen molar-refractivity contribution in [3.8, 4) is 0 Å². The van der Waals surface area contributed by atoms with Gasteiger partial charge in [-0.15, -0.1) is 0 Å². The van der Waals surface area contributed by atoms with E-state index in [4.69, 9.17) is 0 Å². The Hall–Kier alpha value is 1.64. The first kappa shape index (κ1) is 12.3. The van der Waals surface area contributed by atoms with E-state index in [9.17, 15) is 0 Å². The Kier molecular flexibility index (Phi) is 17.6. The smallest absolute Gasteiger partial charge is 0 e. The maximum atomic E-state index is 2.25. The van der Waals surface area contributed by atoms with Crippen molar-refractivity contribution in [1.82, 2.24) is 0 Å². The minimum atomic E-state index is 0. The summed E-state index contributed by atoms with van der Waals surface area (Å²) in [7, 11) is 0. The van der Waals surface area contributed by atoms with Crippen LogP contribution in [-0.2, 0) is 0 Å². The Morgan fingerprint density at radius 3 is 1.38 bits per heavy atom. The van der Waals surface area contributed by atoms with E-state index in [1.165, 1.54) is 32.1 Å². The van der Waals surface area contributed by atoms with E-state index >= 15 is 0 Å². The summed E-state index contributed by atoms with van der Waals surface area (Å²) in [5, 5.41) is 0. The first-order valence-corrected chi connectivity index (χ1v) is 3.41. The van der Waals surface area contributed by atoms with Crippen LogP contribution in [-0.4, -0.2) is 51.4 Å². The molecule has 0 saturated heterocycles. The van der Waals surface area contributed by atoms with Gasteiger partial charge in [0.15, 0.2) is 0 Å². The molecule has 1 radical (unpaired) electrons. The Morgan fingerprint density at radius 1 is 0.750 bits per heavy atom. The molecular formula is C7H16K. The molecule has 0 aromatic carbocycles. The quantitative estimate of drug-likeness (QED) is 0.415. The van der Waals surface area contributed by atoms with Gasteiger partial charge in [-0.05, 0) is 0 Å². The maximum absolute atomic E-state index is 2.25. The molecule has 0 amide bonds. The summed E-state index contributed by atoms with van der Waals surface area (Å²) in [6, 6.07) is 0. The molecule has 0 bridgehead atoms. The van der Waals surface area contributed by atoms with E-state index in [1.807, 2.05) is 0 Å². The third kappa shape index (κ3) is 10.6. The fourth-order valence-electron chi connectivity index (χ4n) is 0.677. The van der Waals surface area contributed by atoms with Gasteiger partial charge in [-0.3, -0.25) is 0 Å². The van der Waals surface area contributed by atoms with Gasteiger partial charge < -0.3 is 0 Å². The van der Waals surface area contributed by atoms with Gasteiger partial charge >= 0.3 is 0 Å². The third-order valence-electron chi connectivity index (χ3n) is 1.21. The monoisotopic (exact) mass is 139 g/mol. The molecule has 0 fully saturated rings. The van der Waals surface area contributed by atoms with Gasteiger partial charge in [0.05, 0.1) is 0 Å². The molecule has 0 aliphatic rings. The standard InChI is InChI=1S/C7H16.K/c1-3-5-7-6-4-2;/h3-7H2,1-2H3;. The number of hydrogen-bond donors (Lipinski definition) is 0. The summed E-state index contributed by atoms with van der Waals surface area (Å²) in [6.07, 6.45) is 7.01. The molecule has 0 spiro atoms. The average molecular weight is 139 g/mol. The maximum Gasteiger partial charge on any atom is 0 e. The van der Waals surface area contributed by atoms with Crippen LogP contribution < -0.4 is 0 Å². The second-order valence-corrected chi connectivity index (χ2v) is 2.06. The van der Waals surface area contributed by atoms with Crippen LogP contribution in [0.1, 0.15) is 46.0 Å². The Labute approximate surface area is 95.9 Å².